The van der Waals surface area contributed by atoms with Crippen LogP contribution in [0.5, 0.6) is 5.75 Å². The lowest BCUT2D eigenvalue weighted by molar-refractivity contribution is 0.454. The molecule has 0 aromatic heterocycles. The molecule has 12 heavy (non-hydrogen) atoms. The highest BCUT2D eigenvalue weighted by atomic mass is 19.1. The molecule has 0 fully saturated rings. The van der Waals surface area contributed by atoms with Gasteiger partial charge in [-0.25, -0.2) is 8.78 Å². The van der Waals surface area contributed by atoms with Gasteiger partial charge in [-0.05, 0) is 6.92 Å². The molecule has 0 aliphatic heterocycles. The number of aromatic hydroxyl groups is 1. The number of phenols is 1. The molecule has 0 amide bonds. The summed E-state index contributed by atoms with van der Waals surface area (Å²) in [6.45, 7) is 1.47. The molecule has 0 aliphatic carbocycles. The molecule has 4 heteroatoms. The standard InChI is InChI=1S/C8H9F2NO/c1-4(11)8-6(9)2-5(12)3-7(8)10/h2-4,12H,11H2,1H3/t4-/m1/s1. The van der Waals surface area contributed by atoms with Crippen molar-refractivity contribution in [1.82, 2.24) is 0 Å². The highest BCUT2D eigenvalue weighted by Crippen LogP contribution is 2.23. The van der Waals surface area contributed by atoms with Gasteiger partial charge in [0.2, 0.25) is 0 Å². The van der Waals surface area contributed by atoms with Gasteiger partial charge < -0.3 is 10.8 Å². The molecule has 1 rings (SSSR count). The predicted octanol–water partition coefficient (Wildman–Crippen LogP) is 1.69. The molecule has 66 valence electrons. The molecule has 0 saturated carbocycles. The van der Waals surface area contributed by atoms with E-state index < -0.39 is 23.4 Å². The SMILES string of the molecule is C[C@@H](N)c1c(F)cc(O)cc1F. The van der Waals surface area contributed by atoms with E-state index in [9.17, 15) is 8.78 Å². The molecular weight excluding hydrogens is 164 g/mol. The van der Waals surface area contributed by atoms with Crippen LogP contribution in [0.3, 0.4) is 0 Å². The van der Waals surface area contributed by atoms with Crippen molar-refractivity contribution in [2.45, 2.75) is 13.0 Å². The molecule has 1 atom stereocenters. The Balaban J connectivity index is 3.28. The quantitative estimate of drug-likeness (QED) is 0.678. The minimum absolute atomic E-state index is 0.201. The maximum Gasteiger partial charge on any atom is 0.134 e. The first-order valence-corrected chi connectivity index (χ1v) is 3.46. The largest absolute Gasteiger partial charge is 0.508 e. The van der Waals surface area contributed by atoms with E-state index in [1.165, 1.54) is 6.92 Å². The van der Waals surface area contributed by atoms with E-state index in [-0.39, 0.29) is 5.56 Å². The van der Waals surface area contributed by atoms with Crippen LogP contribution < -0.4 is 5.73 Å². The third-order valence-corrected chi connectivity index (χ3v) is 1.52. The second-order valence-corrected chi connectivity index (χ2v) is 2.61. The Labute approximate surface area is 68.6 Å². The highest BCUT2D eigenvalue weighted by molar-refractivity contribution is 5.30. The maximum atomic E-state index is 12.9. The summed E-state index contributed by atoms with van der Waals surface area (Å²) in [4.78, 5) is 0. The van der Waals surface area contributed by atoms with Gasteiger partial charge in [-0.15, -0.1) is 0 Å². The van der Waals surface area contributed by atoms with E-state index in [1.54, 1.807) is 0 Å². The van der Waals surface area contributed by atoms with Gasteiger partial charge in [0.25, 0.3) is 0 Å². The fourth-order valence-corrected chi connectivity index (χ4v) is 1.01. The molecule has 1 aromatic rings. The van der Waals surface area contributed by atoms with E-state index in [2.05, 4.69) is 0 Å². The second-order valence-electron chi connectivity index (χ2n) is 2.61. The summed E-state index contributed by atoms with van der Waals surface area (Å²) >= 11 is 0. The smallest absolute Gasteiger partial charge is 0.134 e. The van der Waals surface area contributed by atoms with Crippen molar-refractivity contribution < 1.29 is 13.9 Å². The lowest BCUT2D eigenvalue weighted by Gasteiger charge is -2.08. The number of hydrogen-bond acceptors (Lipinski definition) is 2. The lowest BCUT2D eigenvalue weighted by Crippen LogP contribution is -2.09. The molecular formula is C8H9F2NO. The van der Waals surface area contributed by atoms with Crippen LogP contribution in [0.25, 0.3) is 0 Å². The van der Waals surface area contributed by atoms with Crippen molar-refractivity contribution in [2.24, 2.45) is 5.73 Å². The maximum absolute atomic E-state index is 12.9. The van der Waals surface area contributed by atoms with Crippen molar-refractivity contribution in [1.29, 1.82) is 0 Å². The van der Waals surface area contributed by atoms with Crippen LogP contribution in [0.2, 0.25) is 0 Å². The Morgan fingerprint density at radius 1 is 1.33 bits per heavy atom. The van der Waals surface area contributed by atoms with Crippen LogP contribution in [0, 0.1) is 11.6 Å². The third kappa shape index (κ3) is 1.53. The van der Waals surface area contributed by atoms with Gasteiger partial charge in [-0.1, -0.05) is 0 Å². The first kappa shape index (κ1) is 8.93. The summed E-state index contributed by atoms with van der Waals surface area (Å²) in [6, 6.07) is 0.953. The Kier molecular flexibility index (Phi) is 2.28. The van der Waals surface area contributed by atoms with E-state index in [1.807, 2.05) is 0 Å². The summed E-state index contributed by atoms with van der Waals surface area (Å²) in [6.07, 6.45) is 0. The monoisotopic (exact) mass is 173 g/mol. The van der Waals surface area contributed by atoms with Gasteiger partial charge in [0.05, 0.1) is 0 Å². The van der Waals surface area contributed by atoms with Crippen molar-refractivity contribution in [3.63, 3.8) is 0 Å². The van der Waals surface area contributed by atoms with Crippen molar-refractivity contribution in [3.05, 3.63) is 29.3 Å². The molecule has 0 saturated heterocycles. The van der Waals surface area contributed by atoms with Crippen molar-refractivity contribution >= 4 is 0 Å². The zero-order chi connectivity index (χ0) is 9.30. The fraction of sp³-hybridized carbons (Fsp3) is 0.250. The molecule has 0 unspecified atom stereocenters. The molecule has 0 bridgehead atoms. The molecule has 3 N–H and O–H groups in total. The topological polar surface area (TPSA) is 46.2 Å². The zero-order valence-electron chi connectivity index (χ0n) is 6.51. The van der Waals surface area contributed by atoms with Crippen LogP contribution in [0.15, 0.2) is 12.1 Å². The zero-order valence-corrected chi connectivity index (χ0v) is 6.51. The van der Waals surface area contributed by atoms with Crippen LogP contribution in [0.1, 0.15) is 18.5 Å². The minimum atomic E-state index is -0.817. The third-order valence-electron chi connectivity index (χ3n) is 1.52. The first-order chi connectivity index (χ1) is 5.52. The van der Waals surface area contributed by atoms with E-state index in [0.717, 1.165) is 12.1 Å². The predicted molar refractivity (Wildman–Crippen MR) is 40.6 cm³/mol. The van der Waals surface area contributed by atoms with Gasteiger partial charge in [-0.3, -0.25) is 0 Å². The Hall–Kier alpha value is -1.16. The summed E-state index contributed by atoms with van der Waals surface area (Å²) in [5.41, 5.74) is 5.10. The Morgan fingerprint density at radius 2 is 1.75 bits per heavy atom. The first-order valence-electron chi connectivity index (χ1n) is 3.46. The molecule has 2 nitrogen and oxygen atoms in total. The van der Waals surface area contributed by atoms with E-state index >= 15 is 0 Å². The van der Waals surface area contributed by atoms with Gasteiger partial charge in [-0.2, -0.15) is 0 Å². The van der Waals surface area contributed by atoms with Crippen molar-refractivity contribution in [2.75, 3.05) is 0 Å². The molecule has 0 spiro atoms. The highest BCUT2D eigenvalue weighted by Gasteiger charge is 2.13. The number of halogens is 2. The number of rotatable bonds is 1. The van der Waals surface area contributed by atoms with Gasteiger partial charge in [0.1, 0.15) is 17.4 Å². The van der Waals surface area contributed by atoms with E-state index in [0.29, 0.717) is 0 Å². The van der Waals surface area contributed by atoms with Crippen LogP contribution >= 0.6 is 0 Å². The summed E-state index contributed by atoms with van der Waals surface area (Å²) in [5, 5.41) is 8.78. The number of benzene rings is 1. The molecule has 1 aromatic carbocycles. The van der Waals surface area contributed by atoms with Gasteiger partial charge >= 0.3 is 0 Å². The van der Waals surface area contributed by atoms with Gasteiger partial charge in [0.15, 0.2) is 0 Å². The number of phenolic OH excluding ortho intramolecular Hbond substituents is 1. The summed E-state index contributed by atoms with van der Waals surface area (Å²) in [7, 11) is 0. The van der Waals surface area contributed by atoms with Crippen LogP contribution in [-0.4, -0.2) is 5.11 Å². The van der Waals surface area contributed by atoms with Crippen LogP contribution in [-0.2, 0) is 0 Å². The minimum Gasteiger partial charge on any atom is -0.508 e. The summed E-state index contributed by atoms with van der Waals surface area (Å²) in [5.74, 6) is -2.07. The average Bonchev–Trinajstić information content (AvgIpc) is 1.82. The van der Waals surface area contributed by atoms with Crippen molar-refractivity contribution in [3.8, 4) is 5.75 Å². The summed E-state index contributed by atoms with van der Waals surface area (Å²) < 4.78 is 25.8. The van der Waals surface area contributed by atoms with E-state index in [4.69, 9.17) is 10.8 Å². The van der Waals surface area contributed by atoms with Crippen LogP contribution in [0.4, 0.5) is 8.78 Å². The molecule has 0 aliphatic rings. The van der Waals surface area contributed by atoms with Gasteiger partial charge in [0, 0.05) is 23.7 Å². The molecule has 0 heterocycles. The normalized spacial score (nSPS) is 13.0. The number of nitrogens with two attached hydrogens (primary N) is 1. The fourth-order valence-electron chi connectivity index (χ4n) is 1.01. The average molecular weight is 173 g/mol. The Bertz CT molecular complexity index is 276. The number of hydrogen-bond donors (Lipinski definition) is 2. The second kappa shape index (κ2) is 3.06. The molecule has 0 radical (unpaired) electrons. The Morgan fingerprint density at radius 3 is 2.08 bits per heavy atom. The lowest BCUT2D eigenvalue weighted by atomic mass is 10.1.